The summed E-state index contributed by atoms with van der Waals surface area (Å²) in [6.07, 6.45) is 0.782. The first kappa shape index (κ1) is 18.5. The molecule has 2 aromatic rings. The van der Waals surface area contributed by atoms with Gasteiger partial charge in [0.1, 0.15) is 6.42 Å². The van der Waals surface area contributed by atoms with E-state index < -0.39 is 0 Å². The Bertz CT molecular complexity index is 782. The fourth-order valence-electron chi connectivity index (χ4n) is 2.22. The molecule has 5 nitrogen and oxygen atoms in total. The number of hydrogen-bond donors (Lipinski definition) is 2. The van der Waals surface area contributed by atoms with E-state index in [0.717, 1.165) is 11.1 Å². The molecule has 0 aromatic heterocycles. The molecular formula is C19H18ClN3O2. The monoisotopic (exact) mass is 355 g/mol. The van der Waals surface area contributed by atoms with Crippen molar-refractivity contribution in [2.24, 2.45) is 0 Å². The Morgan fingerprint density at radius 1 is 1.04 bits per heavy atom. The van der Waals surface area contributed by atoms with Crippen LogP contribution in [0, 0.1) is 11.3 Å². The molecule has 0 aliphatic rings. The zero-order valence-corrected chi connectivity index (χ0v) is 14.3. The molecule has 0 unspecified atom stereocenters. The van der Waals surface area contributed by atoms with Gasteiger partial charge in [0.25, 0.3) is 0 Å². The SMILES string of the molecule is N#CCC(=O)Nc1ccc(CNC(=O)CCc2ccccc2Cl)cc1. The zero-order valence-electron chi connectivity index (χ0n) is 13.6. The number of carbonyl (C=O) groups excluding carboxylic acids is 2. The van der Waals surface area contributed by atoms with Crippen LogP contribution in [0.5, 0.6) is 0 Å². The Labute approximate surface area is 151 Å². The molecule has 0 spiro atoms. The summed E-state index contributed by atoms with van der Waals surface area (Å²) in [7, 11) is 0. The average Bonchev–Trinajstić information content (AvgIpc) is 2.60. The highest BCUT2D eigenvalue weighted by atomic mass is 35.5. The first-order valence-corrected chi connectivity index (χ1v) is 8.22. The number of carbonyl (C=O) groups is 2. The Kier molecular flexibility index (Phi) is 7.00. The quantitative estimate of drug-likeness (QED) is 0.798. The van der Waals surface area contributed by atoms with Crippen molar-refractivity contribution in [3.05, 3.63) is 64.7 Å². The zero-order chi connectivity index (χ0) is 18.1. The van der Waals surface area contributed by atoms with Crippen LogP contribution in [-0.2, 0) is 22.6 Å². The summed E-state index contributed by atoms with van der Waals surface area (Å²) in [5.74, 6) is -0.394. The molecule has 2 N–H and O–H groups in total. The molecule has 0 radical (unpaired) electrons. The van der Waals surface area contributed by atoms with Crippen LogP contribution in [0.3, 0.4) is 0 Å². The van der Waals surface area contributed by atoms with Crippen LogP contribution in [0.15, 0.2) is 48.5 Å². The van der Waals surface area contributed by atoms with Gasteiger partial charge < -0.3 is 10.6 Å². The van der Waals surface area contributed by atoms with Gasteiger partial charge in [-0.2, -0.15) is 5.26 Å². The van der Waals surface area contributed by atoms with Gasteiger partial charge in [0.15, 0.2) is 0 Å². The van der Waals surface area contributed by atoms with Crippen molar-refractivity contribution < 1.29 is 9.59 Å². The second-order valence-corrected chi connectivity index (χ2v) is 5.86. The highest BCUT2D eigenvalue weighted by Gasteiger charge is 2.05. The Hall–Kier alpha value is -2.84. The van der Waals surface area contributed by atoms with Crippen molar-refractivity contribution in [3.8, 4) is 6.07 Å². The van der Waals surface area contributed by atoms with E-state index >= 15 is 0 Å². The summed E-state index contributed by atoms with van der Waals surface area (Å²) in [5.41, 5.74) is 2.50. The van der Waals surface area contributed by atoms with Crippen LogP contribution in [-0.4, -0.2) is 11.8 Å². The number of anilines is 1. The van der Waals surface area contributed by atoms with E-state index in [4.69, 9.17) is 16.9 Å². The lowest BCUT2D eigenvalue weighted by atomic mass is 10.1. The lowest BCUT2D eigenvalue weighted by Gasteiger charge is -2.08. The minimum atomic E-state index is -0.344. The van der Waals surface area contributed by atoms with Gasteiger partial charge in [-0.05, 0) is 35.7 Å². The fourth-order valence-corrected chi connectivity index (χ4v) is 2.45. The lowest BCUT2D eigenvalue weighted by molar-refractivity contribution is -0.121. The number of rotatable bonds is 7. The molecule has 0 bridgehead atoms. The lowest BCUT2D eigenvalue weighted by Crippen LogP contribution is -2.23. The maximum atomic E-state index is 11.9. The first-order valence-electron chi connectivity index (χ1n) is 7.84. The number of halogens is 1. The fraction of sp³-hybridized carbons (Fsp3) is 0.211. The topological polar surface area (TPSA) is 82.0 Å². The molecule has 2 rings (SSSR count). The summed E-state index contributed by atoms with van der Waals surface area (Å²) < 4.78 is 0. The Morgan fingerprint density at radius 3 is 2.44 bits per heavy atom. The molecule has 2 amide bonds. The van der Waals surface area contributed by atoms with Crippen molar-refractivity contribution in [2.75, 3.05) is 5.32 Å². The number of nitrogens with zero attached hydrogens (tertiary/aromatic N) is 1. The van der Waals surface area contributed by atoms with Crippen LogP contribution in [0.2, 0.25) is 5.02 Å². The van der Waals surface area contributed by atoms with Gasteiger partial charge in [-0.25, -0.2) is 0 Å². The predicted molar refractivity (Wildman–Crippen MR) is 96.9 cm³/mol. The van der Waals surface area contributed by atoms with Gasteiger partial charge in [-0.1, -0.05) is 41.9 Å². The second kappa shape index (κ2) is 9.45. The third kappa shape index (κ3) is 6.28. The molecule has 2 aromatic carbocycles. The van der Waals surface area contributed by atoms with Crippen LogP contribution in [0.1, 0.15) is 24.0 Å². The van der Waals surface area contributed by atoms with E-state index in [0.29, 0.717) is 30.1 Å². The summed E-state index contributed by atoms with van der Waals surface area (Å²) >= 11 is 6.07. The van der Waals surface area contributed by atoms with E-state index in [1.165, 1.54) is 0 Å². The molecule has 0 aliphatic heterocycles. The molecule has 0 saturated carbocycles. The van der Waals surface area contributed by atoms with Gasteiger partial charge in [-0.15, -0.1) is 0 Å². The molecule has 0 heterocycles. The van der Waals surface area contributed by atoms with E-state index in [1.807, 2.05) is 36.4 Å². The number of hydrogen-bond acceptors (Lipinski definition) is 3. The van der Waals surface area contributed by atoms with Gasteiger partial charge in [0.05, 0.1) is 6.07 Å². The van der Waals surface area contributed by atoms with Gasteiger partial charge in [0.2, 0.25) is 11.8 Å². The van der Waals surface area contributed by atoms with Crippen LogP contribution < -0.4 is 10.6 Å². The normalized spacial score (nSPS) is 9.92. The first-order chi connectivity index (χ1) is 12.1. The van der Waals surface area contributed by atoms with Crippen LogP contribution >= 0.6 is 11.6 Å². The van der Waals surface area contributed by atoms with E-state index in [-0.39, 0.29) is 18.2 Å². The van der Waals surface area contributed by atoms with Crippen molar-refractivity contribution in [3.63, 3.8) is 0 Å². The average molecular weight is 356 g/mol. The smallest absolute Gasteiger partial charge is 0.238 e. The van der Waals surface area contributed by atoms with E-state index in [1.54, 1.807) is 18.2 Å². The van der Waals surface area contributed by atoms with E-state index in [9.17, 15) is 9.59 Å². The number of nitriles is 1. The molecule has 0 fully saturated rings. The minimum Gasteiger partial charge on any atom is -0.352 e. The molecule has 0 atom stereocenters. The van der Waals surface area contributed by atoms with Crippen LogP contribution in [0.4, 0.5) is 5.69 Å². The molecule has 0 aliphatic carbocycles. The maximum Gasteiger partial charge on any atom is 0.238 e. The van der Waals surface area contributed by atoms with Crippen molar-refractivity contribution >= 4 is 29.1 Å². The van der Waals surface area contributed by atoms with Gasteiger partial charge in [-0.3, -0.25) is 9.59 Å². The molecule has 25 heavy (non-hydrogen) atoms. The number of aryl methyl sites for hydroxylation is 1. The van der Waals surface area contributed by atoms with Crippen molar-refractivity contribution in [1.82, 2.24) is 5.32 Å². The van der Waals surface area contributed by atoms with Crippen LogP contribution in [0.25, 0.3) is 0 Å². The standard InChI is InChI=1S/C19H18ClN3O2/c20-17-4-2-1-3-15(17)7-10-18(24)22-13-14-5-8-16(9-6-14)23-19(25)11-12-21/h1-6,8-9H,7,10-11,13H2,(H,22,24)(H,23,25). The third-order valence-corrected chi connectivity index (χ3v) is 3.91. The van der Waals surface area contributed by atoms with E-state index in [2.05, 4.69) is 10.6 Å². The number of nitrogens with one attached hydrogen (secondary N) is 2. The summed E-state index contributed by atoms with van der Waals surface area (Å²) in [6, 6.07) is 16.4. The molecule has 128 valence electrons. The molecule has 6 heteroatoms. The summed E-state index contributed by atoms with van der Waals surface area (Å²) in [5, 5.41) is 14.6. The maximum absolute atomic E-state index is 11.9. The van der Waals surface area contributed by atoms with Crippen molar-refractivity contribution in [1.29, 1.82) is 5.26 Å². The number of amides is 2. The van der Waals surface area contributed by atoms with Gasteiger partial charge in [0, 0.05) is 23.7 Å². The highest BCUT2D eigenvalue weighted by molar-refractivity contribution is 6.31. The minimum absolute atomic E-state index is 0.0497. The Balaban J connectivity index is 1.77. The second-order valence-electron chi connectivity index (χ2n) is 5.45. The van der Waals surface area contributed by atoms with Gasteiger partial charge >= 0.3 is 0 Å². The largest absolute Gasteiger partial charge is 0.352 e. The molecular weight excluding hydrogens is 338 g/mol. The summed E-state index contributed by atoms with van der Waals surface area (Å²) in [4.78, 5) is 23.3. The Morgan fingerprint density at radius 2 is 1.76 bits per heavy atom. The number of benzene rings is 2. The predicted octanol–water partition coefficient (Wildman–Crippen LogP) is 3.44. The van der Waals surface area contributed by atoms with Crippen molar-refractivity contribution in [2.45, 2.75) is 25.8 Å². The third-order valence-electron chi connectivity index (χ3n) is 3.55. The molecule has 0 saturated heterocycles. The highest BCUT2D eigenvalue weighted by Crippen LogP contribution is 2.16. The summed E-state index contributed by atoms with van der Waals surface area (Å²) in [6.45, 7) is 0.410.